The third-order valence-electron chi connectivity index (χ3n) is 3.88. The minimum atomic E-state index is -4.59. The van der Waals surface area contributed by atoms with Crippen molar-refractivity contribution in [3.63, 3.8) is 0 Å². The van der Waals surface area contributed by atoms with Crippen LogP contribution in [0.4, 0.5) is 13.2 Å². The normalized spacial score (nSPS) is 12.2. The molecule has 1 aromatic carbocycles. The van der Waals surface area contributed by atoms with Crippen LogP contribution in [0.15, 0.2) is 18.3 Å². The lowest BCUT2D eigenvalue weighted by atomic mass is 10.0. The summed E-state index contributed by atoms with van der Waals surface area (Å²) < 4.78 is 46.0. The highest BCUT2D eigenvalue weighted by Gasteiger charge is 2.36. The van der Waals surface area contributed by atoms with Crippen LogP contribution >= 0.6 is 11.6 Å². The Morgan fingerprint density at radius 1 is 1.33 bits per heavy atom. The number of nitrogens with one attached hydrogen (secondary N) is 2. The van der Waals surface area contributed by atoms with Crippen molar-refractivity contribution in [3.05, 3.63) is 34.5 Å². The molecule has 0 saturated heterocycles. The summed E-state index contributed by atoms with van der Waals surface area (Å²) in [5, 5.41) is 9.84. The van der Waals surface area contributed by atoms with Gasteiger partial charge in [-0.2, -0.15) is 18.3 Å². The van der Waals surface area contributed by atoms with Crippen LogP contribution in [-0.4, -0.2) is 48.4 Å². The number of H-pyrrole nitrogens is 1. The number of hydrogen-bond donors (Lipinski definition) is 2. The van der Waals surface area contributed by atoms with E-state index in [1.165, 1.54) is 6.07 Å². The average molecular weight is 405 g/mol. The summed E-state index contributed by atoms with van der Waals surface area (Å²) in [4.78, 5) is 2.05. The molecule has 27 heavy (non-hydrogen) atoms. The van der Waals surface area contributed by atoms with Gasteiger partial charge < -0.3 is 15.0 Å². The van der Waals surface area contributed by atoms with Crippen molar-refractivity contribution in [2.45, 2.75) is 32.7 Å². The second-order valence-electron chi connectivity index (χ2n) is 6.60. The van der Waals surface area contributed by atoms with Crippen molar-refractivity contribution in [1.29, 1.82) is 0 Å². The largest absolute Gasteiger partial charge is 0.489 e. The number of benzene rings is 1. The minimum Gasteiger partial charge on any atom is -0.489 e. The van der Waals surface area contributed by atoms with Crippen molar-refractivity contribution in [2.75, 3.05) is 27.2 Å². The molecule has 9 heteroatoms. The summed E-state index contributed by atoms with van der Waals surface area (Å²) in [6, 6.07) is 2.50. The smallest absolute Gasteiger partial charge is 0.420 e. The molecule has 0 bridgehead atoms. The van der Waals surface area contributed by atoms with Crippen molar-refractivity contribution < 1.29 is 17.9 Å². The third-order valence-corrected chi connectivity index (χ3v) is 4.16. The first kappa shape index (κ1) is 21.5. The summed E-state index contributed by atoms with van der Waals surface area (Å²) in [6.07, 6.45) is -3.34. The van der Waals surface area contributed by atoms with Crippen molar-refractivity contribution in [2.24, 2.45) is 0 Å². The van der Waals surface area contributed by atoms with Crippen LogP contribution in [0.2, 0.25) is 5.02 Å². The fraction of sp³-hybridized carbons (Fsp3) is 0.500. The number of alkyl halides is 3. The topological polar surface area (TPSA) is 53.2 Å². The molecule has 2 N–H and O–H groups in total. The van der Waals surface area contributed by atoms with E-state index in [9.17, 15) is 13.2 Å². The number of aromatic nitrogens is 2. The molecule has 0 amide bonds. The van der Waals surface area contributed by atoms with Gasteiger partial charge in [0.15, 0.2) is 5.75 Å². The van der Waals surface area contributed by atoms with Gasteiger partial charge in [0.05, 0.1) is 22.4 Å². The molecule has 0 aliphatic rings. The van der Waals surface area contributed by atoms with Gasteiger partial charge >= 0.3 is 6.18 Å². The number of rotatable bonds is 8. The second kappa shape index (κ2) is 8.95. The van der Waals surface area contributed by atoms with E-state index in [4.69, 9.17) is 16.3 Å². The maximum Gasteiger partial charge on any atom is 0.420 e. The van der Waals surface area contributed by atoms with Gasteiger partial charge in [-0.1, -0.05) is 11.6 Å². The zero-order chi connectivity index (χ0) is 20.2. The number of aromatic amines is 1. The first-order chi connectivity index (χ1) is 12.6. The standard InChI is InChI=1S/C18H24ClF3N4O/c1-11(2)27-17-14(18(20,21)22)7-12(8-15(17)19)16-13(9-24-25-16)10-26(4)6-5-23-3/h7-9,11,23H,5-6,10H2,1-4H3,(H,24,25). The molecule has 1 heterocycles. The predicted octanol–water partition coefficient (Wildman–Crippen LogP) is 4.19. The van der Waals surface area contributed by atoms with Crippen molar-refractivity contribution in [1.82, 2.24) is 20.4 Å². The third kappa shape index (κ3) is 5.60. The SMILES string of the molecule is CNCCN(C)Cc1c[nH]nc1-c1cc(Cl)c(OC(C)C)c(C(F)(F)F)c1. The van der Waals surface area contributed by atoms with E-state index < -0.39 is 17.8 Å². The highest BCUT2D eigenvalue weighted by Crippen LogP contribution is 2.43. The van der Waals surface area contributed by atoms with Crippen LogP contribution in [0.1, 0.15) is 25.0 Å². The van der Waals surface area contributed by atoms with Crippen LogP contribution in [0.3, 0.4) is 0 Å². The van der Waals surface area contributed by atoms with Crippen LogP contribution < -0.4 is 10.1 Å². The second-order valence-corrected chi connectivity index (χ2v) is 7.01. The maximum atomic E-state index is 13.6. The van der Waals surface area contributed by atoms with Crippen LogP contribution in [-0.2, 0) is 12.7 Å². The summed E-state index contributed by atoms with van der Waals surface area (Å²) in [5.74, 6) is -0.355. The molecule has 0 spiro atoms. The first-order valence-electron chi connectivity index (χ1n) is 8.57. The summed E-state index contributed by atoms with van der Waals surface area (Å²) in [5.41, 5.74) is 0.614. The van der Waals surface area contributed by atoms with Gasteiger partial charge in [0, 0.05) is 37.0 Å². The number of ether oxygens (including phenoxy) is 1. The zero-order valence-electron chi connectivity index (χ0n) is 15.7. The van der Waals surface area contributed by atoms with E-state index in [0.717, 1.165) is 24.7 Å². The molecule has 5 nitrogen and oxygen atoms in total. The van der Waals surface area contributed by atoms with E-state index in [0.29, 0.717) is 17.8 Å². The van der Waals surface area contributed by atoms with E-state index in [1.807, 2.05) is 19.0 Å². The Morgan fingerprint density at radius 2 is 2.04 bits per heavy atom. The van der Waals surface area contributed by atoms with E-state index in [2.05, 4.69) is 15.5 Å². The monoisotopic (exact) mass is 404 g/mol. The van der Waals surface area contributed by atoms with Crippen molar-refractivity contribution in [3.8, 4) is 17.0 Å². The minimum absolute atomic E-state index is 0.0917. The molecular formula is C18H24ClF3N4O. The molecule has 0 aliphatic heterocycles. The Bertz CT molecular complexity index is 762. The van der Waals surface area contributed by atoms with Crippen LogP contribution in [0.5, 0.6) is 5.75 Å². The molecule has 0 radical (unpaired) electrons. The van der Waals surface area contributed by atoms with Crippen LogP contribution in [0.25, 0.3) is 11.3 Å². The maximum absolute atomic E-state index is 13.6. The number of hydrogen-bond acceptors (Lipinski definition) is 4. The Kier molecular flexibility index (Phi) is 7.13. The Balaban J connectivity index is 2.43. The quantitative estimate of drug-likeness (QED) is 0.692. The summed E-state index contributed by atoms with van der Waals surface area (Å²) in [6.45, 7) is 5.43. The Morgan fingerprint density at radius 3 is 2.63 bits per heavy atom. The van der Waals surface area contributed by atoms with Gasteiger partial charge in [-0.05, 0) is 40.1 Å². The fourth-order valence-corrected chi connectivity index (χ4v) is 2.92. The zero-order valence-corrected chi connectivity index (χ0v) is 16.5. The fourth-order valence-electron chi connectivity index (χ4n) is 2.65. The molecule has 0 unspecified atom stereocenters. The lowest BCUT2D eigenvalue weighted by Gasteiger charge is -2.19. The van der Waals surface area contributed by atoms with Crippen molar-refractivity contribution >= 4 is 11.6 Å². The van der Waals surface area contributed by atoms with Gasteiger partial charge in [-0.3, -0.25) is 5.10 Å². The molecule has 2 rings (SSSR count). The molecule has 2 aromatic rings. The number of likely N-dealkylation sites (N-methyl/N-ethyl adjacent to an activating group) is 2. The lowest BCUT2D eigenvalue weighted by molar-refractivity contribution is -0.139. The van der Waals surface area contributed by atoms with Gasteiger partial charge in [-0.15, -0.1) is 0 Å². The van der Waals surface area contributed by atoms with E-state index in [1.54, 1.807) is 20.0 Å². The molecule has 0 fully saturated rings. The molecule has 150 valence electrons. The highest BCUT2D eigenvalue weighted by atomic mass is 35.5. The van der Waals surface area contributed by atoms with Gasteiger partial charge in [0.25, 0.3) is 0 Å². The average Bonchev–Trinajstić information content (AvgIpc) is 3.01. The lowest BCUT2D eigenvalue weighted by Crippen LogP contribution is -2.27. The molecule has 0 aliphatic carbocycles. The first-order valence-corrected chi connectivity index (χ1v) is 8.94. The highest BCUT2D eigenvalue weighted by molar-refractivity contribution is 6.32. The molecule has 0 atom stereocenters. The van der Waals surface area contributed by atoms with Gasteiger partial charge in [0.2, 0.25) is 0 Å². The number of nitrogens with zero attached hydrogens (tertiary/aromatic N) is 2. The van der Waals surface area contributed by atoms with Gasteiger partial charge in [-0.25, -0.2) is 0 Å². The number of halogens is 4. The Hall–Kier alpha value is -1.77. The Labute approximate surface area is 161 Å². The van der Waals surface area contributed by atoms with Gasteiger partial charge in [0.1, 0.15) is 0 Å². The summed E-state index contributed by atoms with van der Waals surface area (Å²) >= 11 is 6.15. The summed E-state index contributed by atoms with van der Waals surface area (Å²) in [7, 11) is 3.79. The molecular weight excluding hydrogens is 381 g/mol. The van der Waals surface area contributed by atoms with Crippen LogP contribution in [0, 0.1) is 0 Å². The predicted molar refractivity (Wildman–Crippen MR) is 100 cm³/mol. The van der Waals surface area contributed by atoms with E-state index >= 15 is 0 Å². The molecule has 0 saturated carbocycles. The molecule has 1 aromatic heterocycles. The van der Waals surface area contributed by atoms with E-state index in [-0.39, 0.29) is 10.8 Å².